The number of nitrogens with one attached hydrogen (secondary N) is 1. The Bertz CT molecular complexity index is 1080. The van der Waals surface area contributed by atoms with Gasteiger partial charge in [-0.05, 0) is 44.9 Å². The summed E-state index contributed by atoms with van der Waals surface area (Å²) in [5.41, 5.74) is 0. The van der Waals surface area contributed by atoms with Gasteiger partial charge in [0.2, 0.25) is 5.91 Å². The van der Waals surface area contributed by atoms with Crippen molar-refractivity contribution in [2.45, 2.75) is 229 Å². The summed E-state index contributed by atoms with van der Waals surface area (Å²) in [6.45, 7) is 2.71. The highest BCUT2D eigenvalue weighted by molar-refractivity contribution is 5.76. The molecule has 0 bridgehead atoms. The van der Waals surface area contributed by atoms with Crippen molar-refractivity contribution >= 4 is 5.91 Å². The first-order chi connectivity index (χ1) is 28.1. The van der Waals surface area contributed by atoms with E-state index in [2.05, 4.69) is 31.3 Å². The van der Waals surface area contributed by atoms with Crippen LogP contribution in [0.25, 0.3) is 0 Å². The SMILES string of the molecule is CCCCCCC/C=C\CCCCCCCC(=O)NC(COC1OC(CO)C(OC2OC(CO)C(O)C(O)C2O)C(O)C1O)C(O)/C=C/CCCCCCCCCC. The van der Waals surface area contributed by atoms with Crippen LogP contribution in [0.5, 0.6) is 0 Å². The lowest BCUT2D eigenvalue weighted by molar-refractivity contribution is -0.359. The van der Waals surface area contributed by atoms with Gasteiger partial charge in [0.25, 0.3) is 0 Å². The number of carbonyl (C=O) groups is 1. The molecule has 2 rings (SSSR count). The van der Waals surface area contributed by atoms with E-state index in [-0.39, 0.29) is 18.9 Å². The Morgan fingerprint density at radius 2 is 1.09 bits per heavy atom. The third kappa shape index (κ3) is 20.4. The number of unbranched alkanes of at least 4 members (excludes halogenated alkanes) is 18. The Balaban J connectivity index is 1.91. The molecule has 0 aromatic rings. The minimum atomic E-state index is -1.79. The van der Waals surface area contributed by atoms with E-state index in [1.807, 2.05) is 6.08 Å². The van der Waals surface area contributed by atoms with Crippen molar-refractivity contribution in [2.75, 3.05) is 19.8 Å². The molecule has 2 heterocycles. The summed E-state index contributed by atoms with van der Waals surface area (Å²) in [5.74, 6) is -0.252. The Kier molecular flexibility index (Phi) is 29.2. The molecule has 9 N–H and O–H groups in total. The number of aliphatic hydroxyl groups is 8. The van der Waals surface area contributed by atoms with Gasteiger partial charge in [0.05, 0.1) is 32.0 Å². The zero-order valence-electron chi connectivity index (χ0n) is 35.5. The highest BCUT2D eigenvalue weighted by Crippen LogP contribution is 2.30. The lowest BCUT2D eigenvalue weighted by Gasteiger charge is -2.46. The molecule has 12 atom stereocenters. The van der Waals surface area contributed by atoms with Gasteiger partial charge in [0.1, 0.15) is 48.8 Å². The van der Waals surface area contributed by atoms with Gasteiger partial charge in [-0.25, -0.2) is 0 Å². The number of hydrogen-bond acceptors (Lipinski definition) is 13. The minimum absolute atomic E-state index is 0.252. The van der Waals surface area contributed by atoms with Crippen LogP contribution in [0.3, 0.4) is 0 Å². The van der Waals surface area contributed by atoms with E-state index < -0.39 is 86.8 Å². The molecule has 0 aromatic carbocycles. The van der Waals surface area contributed by atoms with Crippen LogP contribution in [-0.4, -0.2) is 140 Å². The molecule has 58 heavy (non-hydrogen) atoms. The zero-order chi connectivity index (χ0) is 42.5. The van der Waals surface area contributed by atoms with Crippen LogP contribution in [0.15, 0.2) is 24.3 Å². The van der Waals surface area contributed by atoms with Crippen LogP contribution in [0.2, 0.25) is 0 Å². The topological polar surface area (TPSA) is 228 Å². The van der Waals surface area contributed by atoms with Crippen LogP contribution in [-0.2, 0) is 23.7 Å². The van der Waals surface area contributed by atoms with E-state index in [9.17, 15) is 45.6 Å². The van der Waals surface area contributed by atoms with Gasteiger partial charge >= 0.3 is 0 Å². The number of allylic oxidation sites excluding steroid dienone is 3. The normalized spacial score (nSPS) is 29.0. The highest BCUT2D eigenvalue weighted by atomic mass is 16.7. The van der Waals surface area contributed by atoms with Crippen LogP contribution < -0.4 is 5.32 Å². The second-order valence-electron chi connectivity index (χ2n) is 16.2. The van der Waals surface area contributed by atoms with E-state index in [0.717, 1.165) is 57.8 Å². The predicted octanol–water partition coefficient (Wildman–Crippen LogP) is 4.21. The second kappa shape index (κ2) is 32.2. The monoisotopic (exact) mass is 832 g/mol. The molecule has 0 spiro atoms. The fourth-order valence-corrected chi connectivity index (χ4v) is 7.34. The van der Waals surface area contributed by atoms with Gasteiger partial charge < -0.3 is 65.1 Å². The Morgan fingerprint density at radius 3 is 1.64 bits per heavy atom. The van der Waals surface area contributed by atoms with Crippen molar-refractivity contribution in [3.05, 3.63) is 24.3 Å². The smallest absolute Gasteiger partial charge is 0.220 e. The summed E-state index contributed by atoms with van der Waals surface area (Å²) in [7, 11) is 0. The third-order valence-corrected chi connectivity index (χ3v) is 11.1. The zero-order valence-corrected chi connectivity index (χ0v) is 35.5. The van der Waals surface area contributed by atoms with Crippen LogP contribution in [0, 0.1) is 0 Å². The average molecular weight is 832 g/mol. The van der Waals surface area contributed by atoms with Crippen molar-refractivity contribution in [2.24, 2.45) is 0 Å². The molecule has 12 unspecified atom stereocenters. The van der Waals surface area contributed by atoms with Gasteiger partial charge in [-0.1, -0.05) is 128 Å². The number of aliphatic hydroxyl groups excluding tert-OH is 8. The summed E-state index contributed by atoms with van der Waals surface area (Å²) >= 11 is 0. The minimum Gasteiger partial charge on any atom is -0.394 e. The summed E-state index contributed by atoms with van der Waals surface area (Å²) < 4.78 is 22.6. The fourth-order valence-electron chi connectivity index (χ4n) is 7.34. The van der Waals surface area contributed by atoms with E-state index >= 15 is 0 Å². The lowest BCUT2D eigenvalue weighted by atomic mass is 9.97. The first-order valence-corrected chi connectivity index (χ1v) is 22.6. The summed E-state index contributed by atoms with van der Waals surface area (Å²) in [6.07, 6.45) is 15.2. The molecule has 2 fully saturated rings. The van der Waals surface area contributed by atoms with Crippen molar-refractivity contribution in [3.8, 4) is 0 Å². The Morgan fingerprint density at radius 1 is 0.603 bits per heavy atom. The second-order valence-corrected chi connectivity index (χ2v) is 16.2. The molecule has 0 radical (unpaired) electrons. The molecule has 14 heteroatoms. The fraction of sp³-hybridized carbons (Fsp3) is 0.886. The van der Waals surface area contributed by atoms with Crippen LogP contribution in [0.4, 0.5) is 0 Å². The Hall–Kier alpha value is -1.53. The maximum Gasteiger partial charge on any atom is 0.220 e. The van der Waals surface area contributed by atoms with Gasteiger partial charge in [-0.2, -0.15) is 0 Å². The molecular weight excluding hydrogens is 750 g/mol. The van der Waals surface area contributed by atoms with E-state index in [4.69, 9.17) is 18.9 Å². The van der Waals surface area contributed by atoms with Crippen molar-refractivity contribution in [3.63, 3.8) is 0 Å². The largest absolute Gasteiger partial charge is 0.394 e. The summed E-state index contributed by atoms with van der Waals surface area (Å²) in [6, 6.07) is -0.913. The molecule has 0 aromatic heterocycles. The van der Waals surface area contributed by atoms with Gasteiger partial charge in [-0.3, -0.25) is 4.79 Å². The lowest BCUT2D eigenvalue weighted by Crippen LogP contribution is -2.65. The standard InChI is InChI=1S/C44H81NO13/c1-3-5-7-9-11-13-15-16-17-18-20-22-24-26-28-36(49)45-32(33(48)27-25-23-21-19-14-12-10-8-6-4-2)31-55-43-41(54)39(52)42(35(30-47)57-43)58-44-40(53)38(51)37(50)34(29-46)56-44/h15-16,25,27,32-35,37-44,46-48,50-54H,3-14,17-24,26,28-31H2,1-2H3,(H,45,49)/b16-15-,27-25+. The number of carbonyl (C=O) groups excluding carboxylic acids is 1. The summed E-state index contributed by atoms with van der Waals surface area (Å²) in [4.78, 5) is 13.1. The van der Waals surface area contributed by atoms with E-state index in [1.165, 1.54) is 70.6 Å². The van der Waals surface area contributed by atoms with E-state index in [0.29, 0.717) is 6.42 Å². The Labute approximate surface area is 348 Å². The van der Waals surface area contributed by atoms with Crippen molar-refractivity contribution < 1.29 is 64.6 Å². The molecule has 340 valence electrons. The number of hydrogen-bond donors (Lipinski definition) is 9. The molecule has 1 amide bonds. The van der Waals surface area contributed by atoms with Gasteiger partial charge in [-0.15, -0.1) is 0 Å². The van der Waals surface area contributed by atoms with E-state index in [1.54, 1.807) is 6.08 Å². The number of rotatable bonds is 33. The predicted molar refractivity (Wildman–Crippen MR) is 221 cm³/mol. The summed E-state index contributed by atoms with van der Waals surface area (Å²) in [5, 5.41) is 86.3. The first-order valence-electron chi connectivity index (χ1n) is 22.6. The quantitative estimate of drug-likeness (QED) is 0.0334. The van der Waals surface area contributed by atoms with Gasteiger partial charge in [0, 0.05) is 6.42 Å². The molecule has 14 nitrogen and oxygen atoms in total. The molecule has 2 aliphatic heterocycles. The molecule has 0 saturated carbocycles. The first kappa shape index (κ1) is 52.6. The van der Waals surface area contributed by atoms with Crippen molar-refractivity contribution in [1.82, 2.24) is 5.32 Å². The number of amides is 1. The maximum absolute atomic E-state index is 13.1. The maximum atomic E-state index is 13.1. The van der Waals surface area contributed by atoms with Crippen LogP contribution >= 0.6 is 0 Å². The molecule has 2 saturated heterocycles. The highest BCUT2D eigenvalue weighted by Gasteiger charge is 2.50. The molecule has 0 aliphatic carbocycles. The van der Waals surface area contributed by atoms with Gasteiger partial charge in [0.15, 0.2) is 12.6 Å². The molecule has 2 aliphatic rings. The number of ether oxygens (including phenoxy) is 4. The average Bonchev–Trinajstić information content (AvgIpc) is 3.22. The molecular formula is C44H81NO13. The van der Waals surface area contributed by atoms with Crippen molar-refractivity contribution in [1.29, 1.82) is 0 Å². The third-order valence-electron chi connectivity index (χ3n) is 11.1. The van der Waals surface area contributed by atoms with Crippen LogP contribution in [0.1, 0.15) is 155 Å².